The second-order valence-electron chi connectivity index (χ2n) is 9.44. The number of ketones is 1. The Morgan fingerprint density at radius 1 is 1.00 bits per heavy atom. The zero-order chi connectivity index (χ0) is 21.8. The van der Waals surface area contributed by atoms with Gasteiger partial charge in [-0.05, 0) is 51.5 Å². The molecule has 1 aromatic rings. The Labute approximate surface area is 184 Å². The van der Waals surface area contributed by atoms with E-state index in [-0.39, 0.29) is 35.2 Å². The normalized spacial score (nSPS) is 23.6. The first-order valence-corrected chi connectivity index (χ1v) is 11.8. The zero-order valence-electron chi connectivity index (χ0n) is 18.5. The number of benzene rings is 1. The molecule has 6 heteroatoms. The Balaban J connectivity index is 1.27. The minimum absolute atomic E-state index is 0.0632. The lowest BCUT2D eigenvalue weighted by atomic mass is 9.88. The molecule has 6 nitrogen and oxygen atoms in total. The van der Waals surface area contributed by atoms with Crippen molar-refractivity contribution in [3.8, 4) is 0 Å². The van der Waals surface area contributed by atoms with Gasteiger partial charge in [0.2, 0.25) is 5.91 Å². The summed E-state index contributed by atoms with van der Waals surface area (Å²) >= 11 is 0. The molecule has 1 saturated carbocycles. The van der Waals surface area contributed by atoms with Gasteiger partial charge in [-0.25, -0.2) is 0 Å². The molecule has 4 rings (SSSR count). The van der Waals surface area contributed by atoms with Crippen molar-refractivity contribution in [2.24, 2.45) is 5.92 Å². The van der Waals surface area contributed by atoms with Gasteiger partial charge in [0, 0.05) is 31.1 Å². The molecule has 0 unspecified atom stereocenters. The smallest absolute Gasteiger partial charge is 0.254 e. The summed E-state index contributed by atoms with van der Waals surface area (Å²) in [4.78, 5) is 39.1. The Kier molecular flexibility index (Phi) is 6.75. The van der Waals surface area contributed by atoms with Crippen LogP contribution in [0, 0.1) is 5.92 Å². The molecule has 2 saturated heterocycles. The summed E-state index contributed by atoms with van der Waals surface area (Å²) in [6, 6.07) is 7.05. The number of carbonyl (C=O) groups excluding carboxylic acids is 3. The number of nitrogens with one attached hydrogen (secondary N) is 1. The van der Waals surface area contributed by atoms with Crippen LogP contribution in [0.15, 0.2) is 24.3 Å². The average molecular weight is 427 g/mol. The van der Waals surface area contributed by atoms with Crippen molar-refractivity contribution in [3.63, 3.8) is 0 Å². The Bertz CT molecular complexity index is 823. The Hall–Kier alpha value is -2.21. The largest absolute Gasteiger partial charge is 0.370 e. The number of hydrogen-bond donors (Lipinski definition) is 1. The maximum absolute atomic E-state index is 13.0. The Morgan fingerprint density at radius 3 is 2.35 bits per heavy atom. The van der Waals surface area contributed by atoms with Gasteiger partial charge in [-0.2, -0.15) is 0 Å². The molecular weight excluding hydrogens is 392 g/mol. The maximum atomic E-state index is 13.0. The fraction of sp³-hybridized carbons (Fsp3) is 0.640. The van der Waals surface area contributed by atoms with Crippen molar-refractivity contribution in [2.75, 3.05) is 19.6 Å². The first-order chi connectivity index (χ1) is 15.0. The van der Waals surface area contributed by atoms with Crippen LogP contribution in [0.5, 0.6) is 0 Å². The third kappa shape index (κ3) is 5.00. The lowest BCUT2D eigenvalue weighted by Crippen LogP contribution is -2.47. The summed E-state index contributed by atoms with van der Waals surface area (Å²) in [6.07, 6.45) is 9.18. The lowest BCUT2D eigenvalue weighted by molar-refractivity contribution is -0.127. The van der Waals surface area contributed by atoms with E-state index in [4.69, 9.17) is 4.74 Å². The predicted octanol–water partition coefficient (Wildman–Crippen LogP) is 3.74. The first-order valence-electron chi connectivity index (χ1n) is 11.8. The summed E-state index contributed by atoms with van der Waals surface area (Å²) < 4.78 is 6.42. The van der Waals surface area contributed by atoms with Crippen LogP contribution in [0.4, 0.5) is 0 Å². The van der Waals surface area contributed by atoms with Crippen LogP contribution >= 0.6 is 0 Å². The number of Topliss-reactive ketones (excluding diaryl/α,β-unsaturated/α-hetero) is 1. The molecule has 1 atom stereocenters. The maximum Gasteiger partial charge on any atom is 0.254 e. The van der Waals surface area contributed by atoms with Gasteiger partial charge >= 0.3 is 0 Å². The summed E-state index contributed by atoms with van der Waals surface area (Å²) in [5, 5.41) is 3.12. The molecule has 1 aliphatic carbocycles. The Morgan fingerprint density at radius 2 is 1.68 bits per heavy atom. The highest BCUT2D eigenvalue weighted by atomic mass is 16.5. The molecule has 2 aliphatic heterocycles. The van der Waals surface area contributed by atoms with Crippen LogP contribution in [0.3, 0.4) is 0 Å². The quantitative estimate of drug-likeness (QED) is 0.728. The van der Waals surface area contributed by atoms with Gasteiger partial charge in [0.1, 0.15) is 0 Å². The molecule has 2 amide bonds. The molecular formula is C25H34N2O4. The van der Waals surface area contributed by atoms with E-state index >= 15 is 0 Å². The van der Waals surface area contributed by atoms with Gasteiger partial charge in [0.25, 0.3) is 5.91 Å². The molecule has 168 valence electrons. The van der Waals surface area contributed by atoms with Crippen molar-refractivity contribution in [1.29, 1.82) is 0 Å². The molecule has 3 fully saturated rings. The van der Waals surface area contributed by atoms with Crippen molar-refractivity contribution in [1.82, 2.24) is 10.2 Å². The fourth-order valence-corrected chi connectivity index (χ4v) is 5.39. The lowest BCUT2D eigenvalue weighted by Gasteiger charge is -2.39. The number of piperidine rings is 1. The van der Waals surface area contributed by atoms with Crippen LogP contribution in [0.25, 0.3) is 0 Å². The molecule has 0 radical (unpaired) electrons. The van der Waals surface area contributed by atoms with Gasteiger partial charge in [0.05, 0.1) is 17.3 Å². The molecule has 0 bridgehead atoms. The highest BCUT2D eigenvalue weighted by molar-refractivity contribution is 6.07. The topological polar surface area (TPSA) is 75.7 Å². The molecule has 1 N–H and O–H groups in total. The third-order valence-corrected chi connectivity index (χ3v) is 7.32. The van der Waals surface area contributed by atoms with E-state index in [1.54, 1.807) is 24.3 Å². The van der Waals surface area contributed by atoms with Gasteiger partial charge in [-0.15, -0.1) is 0 Å². The summed E-state index contributed by atoms with van der Waals surface area (Å²) in [5.41, 5.74) is 0.789. The van der Waals surface area contributed by atoms with Gasteiger partial charge < -0.3 is 15.0 Å². The van der Waals surface area contributed by atoms with Crippen molar-refractivity contribution in [2.45, 2.75) is 76.4 Å². The number of likely N-dealkylation sites (tertiary alicyclic amines) is 1. The van der Waals surface area contributed by atoms with Gasteiger partial charge in [-0.3, -0.25) is 14.4 Å². The van der Waals surface area contributed by atoms with E-state index in [2.05, 4.69) is 5.32 Å². The average Bonchev–Trinajstić information content (AvgIpc) is 3.20. The van der Waals surface area contributed by atoms with Gasteiger partial charge in [0.15, 0.2) is 5.78 Å². The van der Waals surface area contributed by atoms with Crippen LogP contribution in [-0.2, 0) is 9.53 Å². The zero-order valence-corrected chi connectivity index (χ0v) is 18.5. The van der Waals surface area contributed by atoms with Crippen LogP contribution < -0.4 is 5.32 Å². The SMILES string of the molecule is CC(=O)c1ccccc1C(=O)N1CCC2(CC[C@H](CNC(=O)C3CCCCC3)O2)CC1. The first kappa shape index (κ1) is 22.0. The monoisotopic (exact) mass is 426 g/mol. The number of rotatable bonds is 5. The second-order valence-corrected chi connectivity index (χ2v) is 9.44. The molecule has 2 heterocycles. The van der Waals surface area contributed by atoms with E-state index in [0.29, 0.717) is 30.8 Å². The van der Waals surface area contributed by atoms with Crippen molar-refractivity contribution in [3.05, 3.63) is 35.4 Å². The highest BCUT2D eigenvalue weighted by Gasteiger charge is 2.43. The van der Waals surface area contributed by atoms with E-state index in [1.807, 2.05) is 4.90 Å². The highest BCUT2D eigenvalue weighted by Crippen LogP contribution is 2.39. The van der Waals surface area contributed by atoms with Crippen LogP contribution in [0.2, 0.25) is 0 Å². The third-order valence-electron chi connectivity index (χ3n) is 7.32. The fourth-order valence-electron chi connectivity index (χ4n) is 5.39. The molecule has 0 aromatic heterocycles. The number of nitrogens with zero attached hydrogens (tertiary/aromatic N) is 1. The minimum Gasteiger partial charge on any atom is -0.370 e. The van der Waals surface area contributed by atoms with Crippen molar-refractivity contribution >= 4 is 17.6 Å². The number of hydrogen-bond acceptors (Lipinski definition) is 4. The van der Waals surface area contributed by atoms with E-state index < -0.39 is 0 Å². The molecule has 31 heavy (non-hydrogen) atoms. The van der Waals surface area contributed by atoms with Gasteiger partial charge in [-0.1, -0.05) is 37.5 Å². The molecule has 3 aliphatic rings. The van der Waals surface area contributed by atoms with E-state index in [0.717, 1.165) is 51.4 Å². The standard InChI is InChI=1S/C25H34N2O4/c1-18(28)21-9-5-6-10-22(21)24(30)27-15-13-25(14-16-27)12-11-20(31-25)17-26-23(29)19-7-3-2-4-8-19/h5-6,9-10,19-20H,2-4,7-8,11-17H2,1H3,(H,26,29)/t20-/m1/s1. The molecule has 1 spiro atoms. The summed E-state index contributed by atoms with van der Waals surface area (Å²) in [6.45, 7) is 3.35. The number of ether oxygens (including phenoxy) is 1. The van der Waals surface area contributed by atoms with Crippen LogP contribution in [0.1, 0.15) is 85.4 Å². The minimum atomic E-state index is -0.183. The second kappa shape index (κ2) is 9.51. The summed E-state index contributed by atoms with van der Waals surface area (Å²) in [7, 11) is 0. The van der Waals surface area contributed by atoms with E-state index in [9.17, 15) is 14.4 Å². The van der Waals surface area contributed by atoms with E-state index in [1.165, 1.54) is 13.3 Å². The predicted molar refractivity (Wildman–Crippen MR) is 118 cm³/mol. The summed E-state index contributed by atoms with van der Waals surface area (Å²) in [5.74, 6) is 0.203. The van der Waals surface area contributed by atoms with Crippen molar-refractivity contribution < 1.29 is 19.1 Å². The number of carbonyl (C=O) groups is 3. The molecule has 1 aromatic carbocycles. The van der Waals surface area contributed by atoms with Crippen LogP contribution in [-0.4, -0.2) is 53.8 Å². The number of amides is 2.